The van der Waals surface area contributed by atoms with Crippen molar-refractivity contribution in [1.82, 2.24) is 10.3 Å². The zero-order chi connectivity index (χ0) is 13.2. The largest absolute Gasteiger partial charge is 0.440 e. The fourth-order valence-electron chi connectivity index (χ4n) is 2.76. The van der Waals surface area contributed by atoms with E-state index >= 15 is 0 Å². The lowest BCUT2D eigenvalue weighted by Gasteiger charge is -2.19. The molecule has 3 rings (SSSR count). The van der Waals surface area contributed by atoms with Gasteiger partial charge in [0.15, 0.2) is 11.7 Å². The molecule has 1 aliphatic heterocycles. The van der Waals surface area contributed by atoms with Crippen LogP contribution in [0.4, 0.5) is 0 Å². The Morgan fingerprint density at radius 3 is 2.74 bits per heavy atom. The number of nitrogens with one attached hydrogen (secondary N) is 1. The second kappa shape index (κ2) is 5.17. The predicted octanol–water partition coefficient (Wildman–Crippen LogP) is 3.43. The molecule has 1 aromatic carbocycles. The van der Waals surface area contributed by atoms with Crippen LogP contribution in [0, 0.1) is 13.8 Å². The molecule has 0 bridgehead atoms. The number of piperidine rings is 1. The van der Waals surface area contributed by atoms with Crippen molar-refractivity contribution in [2.24, 2.45) is 0 Å². The molecule has 2 heterocycles. The van der Waals surface area contributed by atoms with Gasteiger partial charge >= 0.3 is 0 Å². The maximum Gasteiger partial charge on any atom is 0.198 e. The van der Waals surface area contributed by atoms with Gasteiger partial charge in [-0.2, -0.15) is 0 Å². The van der Waals surface area contributed by atoms with Gasteiger partial charge in [-0.25, -0.2) is 4.98 Å². The summed E-state index contributed by atoms with van der Waals surface area (Å²) < 4.78 is 5.99. The van der Waals surface area contributed by atoms with Gasteiger partial charge in [0.1, 0.15) is 0 Å². The standard InChI is InChI=1S/C16H20N2O/c1-11-3-4-14(12(2)9-11)15-10-18-16(19-15)13-5-7-17-8-6-13/h3-4,9-10,13,17H,5-8H2,1-2H3. The van der Waals surface area contributed by atoms with Crippen LogP contribution in [0.1, 0.15) is 35.8 Å². The van der Waals surface area contributed by atoms with Crippen molar-refractivity contribution in [3.05, 3.63) is 41.4 Å². The SMILES string of the molecule is Cc1ccc(-c2cnc(C3CCNCC3)o2)c(C)c1. The zero-order valence-electron chi connectivity index (χ0n) is 11.6. The fraction of sp³-hybridized carbons (Fsp3) is 0.438. The van der Waals surface area contributed by atoms with Crippen LogP contribution in [0.15, 0.2) is 28.8 Å². The minimum atomic E-state index is 0.473. The van der Waals surface area contributed by atoms with Gasteiger partial charge in [-0.3, -0.25) is 0 Å². The van der Waals surface area contributed by atoms with Crippen molar-refractivity contribution in [3.8, 4) is 11.3 Å². The van der Waals surface area contributed by atoms with Crippen LogP contribution in [0.3, 0.4) is 0 Å². The van der Waals surface area contributed by atoms with Crippen LogP contribution in [-0.2, 0) is 0 Å². The van der Waals surface area contributed by atoms with Crippen molar-refractivity contribution >= 4 is 0 Å². The molecule has 100 valence electrons. The Hall–Kier alpha value is -1.61. The molecular weight excluding hydrogens is 236 g/mol. The summed E-state index contributed by atoms with van der Waals surface area (Å²) in [6.45, 7) is 6.35. The summed E-state index contributed by atoms with van der Waals surface area (Å²) in [7, 11) is 0. The molecule has 0 amide bonds. The van der Waals surface area contributed by atoms with Crippen molar-refractivity contribution in [1.29, 1.82) is 0 Å². The van der Waals surface area contributed by atoms with E-state index in [1.54, 1.807) is 0 Å². The van der Waals surface area contributed by atoms with Crippen LogP contribution in [0.2, 0.25) is 0 Å². The Labute approximate surface area is 114 Å². The Morgan fingerprint density at radius 2 is 2.00 bits per heavy atom. The number of oxazole rings is 1. The van der Waals surface area contributed by atoms with Gasteiger partial charge in [-0.15, -0.1) is 0 Å². The number of nitrogens with zero attached hydrogens (tertiary/aromatic N) is 1. The van der Waals surface area contributed by atoms with Gasteiger partial charge in [0, 0.05) is 11.5 Å². The van der Waals surface area contributed by atoms with E-state index in [9.17, 15) is 0 Å². The molecule has 0 saturated carbocycles. The van der Waals surface area contributed by atoms with Gasteiger partial charge < -0.3 is 9.73 Å². The van der Waals surface area contributed by atoms with Gasteiger partial charge in [-0.1, -0.05) is 23.8 Å². The van der Waals surface area contributed by atoms with Crippen LogP contribution < -0.4 is 5.32 Å². The van der Waals surface area contributed by atoms with E-state index in [1.165, 1.54) is 11.1 Å². The number of hydrogen-bond acceptors (Lipinski definition) is 3. The predicted molar refractivity (Wildman–Crippen MR) is 76.3 cm³/mol. The Morgan fingerprint density at radius 1 is 1.21 bits per heavy atom. The van der Waals surface area contributed by atoms with Crippen LogP contribution in [-0.4, -0.2) is 18.1 Å². The summed E-state index contributed by atoms with van der Waals surface area (Å²) in [6, 6.07) is 6.43. The lowest BCUT2D eigenvalue weighted by molar-refractivity contribution is 0.378. The third-order valence-corrected chi connectivity index (χ3v) is 3.86. The van der Waals surface area contributed by atoms with E-state index in [2.05, 4.69) is 42.3 Å². The minimum Gasteiger partial charge on any atom is -0.440 e. The molecule has 0 radical (unpaired) electrons. The first-order chi connectivity index (χ1) is 9.24. The first-order valence-corrected chi connectivity index (χ1v) is 6.98. The monoisotopic (exact) mass is 256 g/mol. The molecule has 3 heteroatoms. The van der Waals surface area contributed by atoms with Gasteiger partial charge in [0.2, 0.25) is 0 Å². The van der Waals surface area contributed by atoms with Gasteiger partial charge in [0.25, 0.3) is 0 Å². The minimum absolute atomic E-state index is 0.473. The van der Waals surface area contributed by atoms with E-state index < -0.39 is 0 Å². The van der Waals surface area contributed by atoms with Gasteiger partial charge in [0.05, 0.1) is 6.20 Å². The fourth-order valence-corrected chi connectivity index (χ4v) is 2.76. The second-order valence-corrected chi connectivity index (χ2v) is 5.41. The van der Waals surface area contributed by atoms with Crippen molar-refractivity contribution in [2.75, 3.05) is 13.1 Å². The highest BCUT2D eigenvalue weighted by Gasteiger charge is 2.20. The highest BCUT2D eigenvalue weighted by Crippen LogP contribution is 2.30. The second-order valence-electron chi connectivity index (χ2n) is 5.41. The van der Waals surface area contributed by atoms with Crippen LogP contribution in [0.5, 0.6) is 0 Å². The van der Waals surface area contributed by atoms with Crippen LogP contribution >= 0.6 is 0 Å². The van der Waals surface area contributed by atoms with E-state index in [-0.39, 0.29) is 0 Å². The third-order valence-electron chi connectivity index (χ3n) is 3.86. The zero-order valence-corrected chi connectivity index (χ0v) is 11.6. The average Bonchev–Trinajstić information content (AvgIpc) is 2.89. The molecule has 1 saturated heterocycles. The molecule has 0 aliphatic carbocycles. The summed E-state index contributed by atoms with van der Waals surface area (Å²) in [4.78, 5) is 4.49. The molecule has 1 fully saturated rings. The van der Waals surface area contributed by atoms with Crippen LogP contribution in [0.25, 0.3) is 11.3 Å². The number of benzene rings is 1. The number of rotatable bonds is 2. The molecule has 1 aliphatic rings. The molecule has 0 unspecified atom stereocenters. The Kier molecular flexibility index (Phi) is 3.38. The summed E-state index contributed by atoms with van der Waals surface area (Å²) in [6.07, 6.45) is 4.11. The first-order valence-electron chi connectivity index (χ1n) is 6.98. The van der Waals surface area contributed by atoms with E-state index in [1.807, 2.05) is 6.20 Å². The van der Waals surface area contributed by atoms with Gasteiger partial charge in [-0.05, 0) is 45.3 Å². The van der Waals surface area contributed by atoms with E-state index in [0.717, 1.165) is 43.1 Å². The maximum atomic E-state index is 5.99. The topological polar surface area (TPSA) is 38.1 Å². The normalized spacial score (nSPS) is 16.7. The Bertz CT molecular complexity index is 568. The molecular formula is C16H20N2O. The highest BCUT2D eigenvalue weighted by atomic mass is 16.4. The molecule has 19 heavy (non-hydrogen) atoms. The molecule has 3 nitrogen and oxygen atoms in total. The lowest BCUT2D eigenvalue weighted by atomic mass is 9.98. The number of hydrogen-bond donors (Lipinski definition) is 1. The van der Waals surface area contributed by atoms with Crippen molar-refractivity contribution < 1.29 is 4.42 Å². The third kappa shape index (κ3) is 2.56. The summed E-state index contributed by atoms with van der Waals surface area (Å²) in [5.74, 6) is 2.27. The first kappa shape index (κ1) is 12.4. The molecule has 2 aromatic rings. The summed E-state index contributed by atoms with van der Waals surface area (Å²) >= 11 is 0. The smallest absolute Gasteiger partial charge is 0.198 e. The van der Waals surface area contributed by atoms with E-state index in [0.29, 0.717) is 5.92 Å². The van der Waals surface area contributed by atoms with E-state index in [4.69, 9.17) is 4.42 Å². The summed E-state index contributed by atoms with van der Waals surface area (Å²) in [5.41, 5.74) is 3.67. The van der Waals surface area contributed by atoms with Crippen molar-refractivity contribution in [2.45, 2.75) is 32.6 Å². The number of aromatic nitrogens is 1. The quantitative estimate of drug-likeness (QED) is 0.894. The molecule has 1 N–H and O–H groups in total. The molecule has 0 spiro atoms. The van der Waals surface area contributed by atoms with Crippen molar-refractivity contribution in [3.63, 3.8) is 0 Å². The maximum absolute atomic E-state index is 5.99. The molecule has 0 atom stereocenters. The molecule has 1 aromatic heterocycles. The Balaban J connectivity index is 1.87. The lowest BCUT2D eigenvalue weighted by Crippen LogP contribution is -2.26. The average molecular weight is 256 g/mol. The number of aryl methyl sites for hydroxylation is 2. The highest BCUT2D eigenvalue weighted by molar-refractivity contribution is 5.61. The summed E-state index contributed by atoms with van der Waals surface area (Å²) in [5, 5.41) is 3.37.